The SMILES string of the molecule is OC(c1ccc2c(c1)COC2)C1CCCCO1. The highest BCUT2D eigenvalue weighted by Crippen LogP contribution is 2.29. The van der Waals surface area contributed by atoms with Crippen molar-refractivity contribution in [3.8, 4) is 0 Å². The zero-order valence-electron chi connectivity index (χ0n) is 9.89. The van der Waals surface area contributed by atoms with E-state index < -0.39 is 6.10 Å². The molecule has 1 fully saturated rings. The monoisotopic (exact) mass is 234 g/mol. The Morgan fingerprint density at radius 2 is 2.06 bits per heavy atom. The van der Waals surface area contributed by atoms with Gasteiger partial charge in [-0.3, -0.25) is 0 Å². The van der Waals surface area contributed by atoms with Crippen molar-refractivity contribution >= 4 is 0 Å². The second-order valence-electron chi connectivity index (χ2n) is 4.87. The Labute approximate surface area is 101 Å². The summed E-state index contributed by atoms with van der Waals surface area (Å²) in [6.45, 7) is 2.14. The number of hydrogen-bond donors (Lipinski definition) is 1. The lowest BCUT2D eigenvalue weighted by atomic mass is 9.96. The second-order valence-corrected chi connectivity index (χ2v) is 4.87. The molecular formula is C14H18O3. The standard InChI is InChI=1S/C14H18O3/c15-14(13-3-1-2-6-17-13)10-4-5-11-8-16-9-12(11)7-10/h4-5,7,13-15H,1-3,6,8-9H2. The Balaban J connectivity index is 1.78. The predicted octanol–water partition coefficient (Wildman–Crippen LogP) is 2.32. The average Bonchev–Trinajstić information content (AvgIpc) is 2.86. The summed E-state index contributed by atoms with van der Waals surface area (Å²) in [5.74, 6) is 0. The largest absolute Gasteiger partial charge is 0.386 e. The third kappa shape index (κ3) is 2.23. The number of fused-ring (bicyclic) bond motifs is 1. The van der Waals surface area contributed by atoms with Crippen molar-refractivity contribution in [1.82, 2.24) is 0 Å². The van der Waals surface area contributed by atoms with Crippen LogP contribution in [-0.2, 0) is 22.7 Å². The normalized spacial score (nSPS) is 25.6. The van der Waals surface area contributed by atoms with E-state index in [2.05, 4.69) is 12.1 Å². The van der Waals surface area contributed by atoms with Crippen LogP contribution in [0.4, 0.5) is 0 Å². The molecule has 2 unspecified atom stereocenters. The maximum absolute atomic E-state index is 10.3. The van der Waals surface area contributed by atoms with Gasteiger partial charge in [-0.15, -0.1) is 0 Å². The Morgan fingerprint density at radius 3 is 2.88 bits per heavy atom. The van der Waals surface area contributed by atoms with Crippen molar-refractivity contribution in [2.24, 2.45) is 0 Å². The summed E-state index contributed by atoms with van der Waals surface area (Å²) in [5.41, 5.74) is 3.41. The molecule has 0 radical (unpaired) electrons. The molecule has 92 valence electrons. The van der Waals surface area contributed by atoms with Gasteiger partial charge in [-0.05, 0) is 36.0 Å². The molecule has 1 saturated heterocycles. The van der Waals surface area contributed by atoms with E-state index in [1.165, 1.54) is 11.1 Å². The summed E-state index contributed by atoms with van der Waals surface area (Å²) in [5, 5.41) is 10.3. The molecule has 0 aliphatic carbocycles. The Bertz CT molecular complexity index is 396. The highest BCUT2D eigenvalue weighted by molar-refractivity contribution is 5.34. The summed E-state index contributed by atoms with van der Waals surface area (Å²) in [4.78, 5) is 0. The van der Waals surface area contributed by atoms with Crippen LogP contribution in [0.5, 0.6) is 0 Å². The molecule has 0 spiro atoms. The van der Waals surface area contributed by atoms with E-state index in [0.29, 0.717) is 13.2 Å². The maximum atomic E-state index is 10.3. The molecule has 1 N–H and O–H groups in total. The van der Waals surface area contributed by atoms with Gasteiger partial charge in [0.25, 0.3) is 0 Å². The molecule has 2 aliphatic heterocycles. The molecule has 0 saturated carbocycles. The summed E-state index contributed by atoms with van der Waals surface area (Å²) < 4.78 is 11.0. The van der Waals surface area contributed by atoms with Crippen molar-refractivity contribution in [1.29, 1.82) is 0 Å². The van der Waals surface area contributed by atoms with Gasteiger partial charge in [0.2, 0.25) is 0 Å². The minimum atomic E-state index is -0.499. The third-order valence-electron chi connectivity index (χ3n) is 3.65. The van der Waals surface area contributed by atoms with Gasteiger partial charge in [0, 0.05) is 6.61 Å². The van der Waals surface area contributed by atoms with Gasteiger partial charge in [0.1, 0.15) is 6.10 Å². The molecule has 0 amide bonds. The fraction of sp³-hybridized carbons (Fsp3) is 0.571. The first-order valence-corrected chi connectivity index (χ1v) is 6.34. The molecule has 2 heterocycles. The molecule has 0 aromatic heterocycles. The number of aliphatic hydroxyl groups is 1. The predicted molar refractivity (Wildman–Crippen MR) is 63.5 cm³/mol. The van der Waals surface area contributed by atoms with Crippen LogP contribution in [0.25, 0.3) is 0 Å². The second kappa shape index (κ2) is 4.77. The fourth-order valence-corrected chi connectivity index (χ4v) is 2.61. The van der Waals surface area contributed by atoms with Crippen LogP contribution in [0.3, 0.4) is 0 Å². The number of benzene rings is 1. The highest BCUT2D eigenvalue weighted by atomic mass is 16.5. The lowest BCUT2D eigenvalue weighted by molar-refractivity contribution is -0.0633. The zero-order valence-corrected chi connectivity index (χ0v) is 9.89. The van der Waals surface area contributed by atoms with Gasteiger partial charge in [0.05, 0.1) is 19.3 Å². The van der Waals surface area contributed by atoms with Gasteiger partial charge >= 0.3 is 0 Å². The molecule has 17 heavy (non-hydrogen) atoms. The first kappa shape index (κ1) is 11.2. The quantitative estimate of drug-likeness (QED) is 0.853. The lowest BCUT2D eigenvalue weighted by Crippen LogP contribution is -2.26. The van der Waals surface area contributed by atoms with Crippen LogP contribution >= 0.6 is 0 Å². The van der Waals surface area contributed by atoms with Crippen LogP contribution in [0, 0.1) is 0 Å². The van der Waals surface area contributed by atoms with Gasteiger partial charge in [-0.25, -0.2) is 0 Å². The van der Waals surface area contributed by atoms with Crippen LogP contribution < -0.4 is 0 Å². The summed E-state index contributed by atoms with van der Waals surface area (Å²) >= 11 is 0. The average molecular weight is 234 g/mol. The number of aliphatic hydroxyl groups excluding tert-OH is 1. The Hall–Kier alpha value is -0.900. The van der Waals surface area contributed by atoms with E-state index >= 15 is 0 Å². The molecule has 0 bridgehead atoms. The van der Waals surface area contributed by atoms with Crippen LogP contribution in [0.1, 0.15) is 42.1 Å². The van der Waals surface area contributed by atoms with Crippen molar-refractivity contribution in [3.05, 3.63) is 34.9 Å². The van der Waals surface area contributed by atoms with E-state index in [-0.39, 0.29) is 6.10 Å². The highest BCUT2D eigenvalue weighted by Gasteiger charge is 2.25. The van der Waals surface area contributed by atoms with E-state index in [1.807, 2.05) is 6.07 Å². The Kier molecular flexibility index (Phi) is 3.14. The number of rotatable bonds is 2. The smallest absolute Gasteiger partial charge is 0.105 e. The van der Waals surface area contributed by atoms with Gasteiger partial charge in [-0.1, -0.05) is 18.2 Å². The number of ether oxygens (including phenoxy) is 2. The van der Waals surface area contributed by atoms with E-state index in [0.717, 1.165) is 31.4 Å². The summed E-state index contributed by atoms with van der Waals surface area (Å²) in [7, 11) is 0. The van der Waals surface area contributed by atoms with Crippen molar-refractivity contribution in [2.75, 3.05) is 6.61 Å². The maximum Gasteiger partial charge on any atom is 0.105 e. The molecule has 2 aliphatic rings. The van der Waals surface area contributed by atoms with E-state index in [4.69, 9.17) is 9.47 Å². The first-order chi connectivity index (χ1) is 8.34. The molecule has 3 nitrogen and oxygen atoms in total. The van der Waals surface area contributed by atoms with Crippen molar-refractivity contribution in [2.45, 2.75) is 44.7 Å². The van der Waals surface area contributed by atoms with Crippen LogP contribution in [0.2, 0.25) is 0 Å². The molecular weight excluding hydrogens is 216 g/mol. The van der Waals surface area contributed by atoms with E-state index in [1.54, 1.807) is 0 Å². The van der Waals surface area contributed by atoms with Crippen LogP contribution in [-0.4, -0.2) is 17.8 Å². The minimum Gasteiger partial charge on any atom is -0.386 e. The van der Waals surface area contributed by atoms with Crippen molar-refractivity contribution in [3.63, 3.8) is 0 Å². The fourth-order valence-electron chi connectivity index (χ4n) is 2.61. The number of hydrogen-bond acceptors (Lipinski definition) is 3. The molecule has 1 aromatic rings. The van der Waals surface area contributed by atoms with Gasteiger partial charge in [0.15, 0.2) is 0 Å². The lowest BCUT2D eigenvalue weighted by Gasteiger charge is -2.27. The Morgan fingerprint density at radius 1 is 1.18 bits per heavy atom. The molecule has 3 rings (SSSR count). The molecule has 2 atom stereocenters. The minimum absolute atomic E-state index is 0.0379. The van der Waals surface area contributed by atoms with Gasteiger partial charge < -0.3 is 14.6 Å². The van der Waals surface area contributed by atoms with Crippen molar-refractivity contribution < 1.29 is 14.6 Å². The molecule has 1 aromatic carbocycles. The summed E-state index contributed by atoms with van der Waals surface area (Å²) in [6.07, 6.45) is 2.68. The third-order valence-corrected chi connectivity index (χ3v) is 3.65. The topological polar surface area (TPSA) is 38.7 Å². The molecule has 3 heteroatoms. The van der Waals surface area contributed by atoms with Gasteiger partial charge in [-0.2, -0.15) is 0 Å². The van der Waals surface area contributed by atoms with Crippen LogP contribution in [0.15, 0.2) is 18.2 Å². The zero-order chi connectivity index (χ0) is 11.7. The summed E-state index contributed by atoms with van der Waals surface area (Å²) in [6, 6.07) is 6.12. The first-order valence-electron chi connectivity index (χ1n) is 6.34. The van der Waals surface area contributed by atoms with E-state index in [9.17, 15) is 5.11 Å².